The zero-order valence-electron chi connectivity index (χ0n) is 18.0. The number of quaternary nitrogens is 1. The molecule has 2 aliphatic heterocycles. The van der Waals surface area contributed by atoms with Crippen LogP contribution in [0.4, 0.5) is 4.79 Å². The lowest BCUT2D eigenvalue weighted by Gasteiger charge is -2.46. The SMILES string of the molecule is CCN1C(=O)C(C2SC3=C(CC(C)(C(C)(C)C)C=C3)S2)C(O)[N+](C)(CC)C1=O. The molecule has 28 heavy (non-hydrogen) atoms. The van der Waals surface area contributed by atoms with Crippen molar-refractivity contribution in [1.82, 2.24) is 4.90 Å². The van der Waals surface area contributed by atoms with E-state index in [4.69, 9.17) is 0 Å². The average molecular weight is 426 g/mol. The number of carbonyl (C=O) groups excluding carboxylic acids is 2. The molecule has 0 bridgehead atoms. The molecule has 5 atom stereocenters. The summed E-state index contributed by atoms with van der Waals surface area (Å²) in [4.78, 5) is 29.8. The van der Waals surface area contributed by atoms with Crippen LogP contribution in [0, 0.1) is 16.7 Å². The van der Waals surface area contributed by atoms with E-state index in [1.807, 2.05) is 13.8 Å². The van der Waals surface area contributed by atoms with Crippen LogP contribution in [-0.4, -0.2) is 57.4 Å². The molecular weight excluding hydrogens is 392 g/mol. The number of imide groups is 1. The molecule has 1 saturated heterocycles. The topological polar surface area (TPSA) is 57.6 Å². The summed E-state index contributed by atoms with van der Waals surface area (Å²) in [6.07, 6.45) is 4.42. The Labute approximate surface area is 177 Å². The standard InChI is InChI=1S/C21H33N2O3S2/c1-8-22-16(24)15(17(25)23(7,9-2)19(22)26)18-27-13-10-11-21(6,20(3,4)5)12-14(13)28-18/h10-11,15,17-18,25H,8-9,12H2,1-7H3/q+1. The van der Waals surface area contributed by atoms with Gasteiger partial charge in [-0.3, -0.25) is 4.79 Å². The van der Waals surface area contributed by atoms with Gasteiger partial charge in [0, 0.05) is 16.4 Å². The van der Waals surface area contributed by atoms with Crippen molar-refractivity contribution in [2.75, 3.05) is 20.1 Å². The first-order valence-corrected chi connectivity index (χ1v) is 11.8. The van der Waals surface area contributed by atoms with Gasteiger partial charge in [0.25, 0.3) is 0 Å². The quantitative estimate of drug-likeness (QED) is 0.679. The van der Waals surface area contributed by atoms with Crippen LogP contribution in [0.3, 0.4) is 0 Å². The third-order valence-electron chi connectivity index (χ3n) is 7.01. The predicted molar refractivity (Wildman–Crippen MR) is 116 cm³/mol. The van der Waals surface area contributed by atoms with Gasteiger partial charge in [-0.05, 0) is 31.1 Å². The normalized spacial score (nSPS) is 39.0. The highest BCUT2D eigenvalue weighted by molar-refractivity contribution is 8.23. The van der Waals surface area contributed by atoms with E-state index in [1.165, 1.54) is 14.7 Å². The summed E-state index contributed by atoms with van der Waals surface area (Å²) in [5.74, 6) is -0.839. The molecule has 0 aromatic rings. The lowest BCUT2D eigenvalue weighted by atomic mass is 9.65. The van der Waals surface area contributed by atoms with Crippen LogP contribution >= 0.6 is 23.5 Å². The van der Waals surface area contributed by atoms with Crippen LogP contribution in [0.25, 0.3) is 0 Å². The number of hydrogen-bond donors (Lipinski definition) is 1. The minimum atomic E-state index is -1.02. The molecule has 5 nitrogen and oxygen atoms in total. The molecule has 5 unspecified atom stereocenters. The van der Waals surface area contributed by atoms with Crippen molar-refractivity contribution < 1.29 is 19.2 Å². The van der Waals surface area contributed by atoms with Crippen molar-refractivity contribution in [2.24, 2.45) is 16.7 Å². The Morgan fingerprint density at radius 1 is 1.29 bits per heavy atom. The van der Waals surface area contributed by atoms with Crippen LogP contribution in [0.15, 0.2) is 22.0 Å². The average Bonchev–Trinajstić information content (AvgIpc) is 3.02. The number of carbonyl (C=O) groups is 2. The minimum absolute atomic E-state index is 0.0584. The Morgan fingerprint density at radius 3 is 2.46 bits per heavy atom. The number of aliphatic hydroxyl groups is 1. The molecule has 156 valence electrons. The third kappa shape index (κ3) is 3.18. The fraction of sp³-hybridized carbons (Fsp3) is 0.714. The van der Waals surface area contributed by atoms with E-state index in [-0.39, 0.29) is 31.8 Å². The second kappa shape index (κ2) is 7.18. The van der Waals surface area contributed by atoms with Gasteiger partial charge in [-0.2, -0.15) is 0 Å². The summed E-state index contributed by atoms with van der Waals surface area (Å²) >= 11 is 3.39. The summed E-state index contributed by atoms with van der Waals surface area (Å²) in [5, 5.41) is 11.1. The minimum Gasteiger partial charge on any atom is -0.344 e. The van der Waals surface area contributed by atoms with Crippen LogP contribution in [0.5, 0.6) is 0 Å². The number of rotatable bonds is 3. The Morgan fingerprint density at radius 2 is 1.93 bits per heavy atom. The Bertz CT molecular complexity index is 757. The highest BCUT2D eigenvalue weighted by Crippen LogP contribution is 2.59. The molecular formula is C21H33N2O3S2+. The van der Waals surface area contributed by atoms with Gasteiger partial charge in [0.2, 0.25) is 12.1 Å². The maximum Gasteiger partial charge on any atom is 0.427 e. The van der Waals surface area contributed by atoms with E-state index >= 15 is 0 Å². The molecule has 0 aromatic heterocycles. The van der Waals surface area contributed by atoms with Crippen LogP contribution < -0.4 is 0 Å². The van der Waals surface area contributed by atoms with E-state index in [0.29, 0.717) is 13.1 Å². The van der Waals surface area contributed by atoms with Gasteiger partial charge in [-0.1, -0.05) is 39.8 Å². The maximum absolute atomic E-state index is 13.1. The van der Waals surface area contributed by atoms with Crippen molar-refractivity contribution >= 4 is 35.5 Å². The van der Waals surface area contributed by atoms with E-state index in [9.17, 15) is 14.7 Å². The fourth-order valence-electron chi connectivity index (χ4n) is 4.00. The smallest absolute Gasteiger partial charge is 0.344 e. The molecule has 3 amide bonds. The summed E-state index contributed by atoms with van der Waals surface area (Å²) in [5.41, 5.74) is 0.192. The second-order valence-electron chi connectivity index (χ2n) is 9.46. The number of amides is 3. The summed E-state index contributed by atoms with van der Waals surface area (Å²) < 4.78 is -0.243. The van der Waals surface area contributed by atoms with E-state index in [1.54, 1.807) is 30.6 Å². The van der Waals surface area contributed by atoms with E-state index < -0.39 is 12.1 Å². The zero-order chi connectivity index (χ0) is 21.1. The zero-order valence-corrected chi connectivity index (χ0v) is 19.6. The van der Waals surface area contributed by atoms with Crippen molar-refractivity contribution in [3.8, 4) is 0 Å². The lowest BCUT2D eigenvalue weighted by molar-refractivity contribution is -0.887. The molecule has 2 heterocycles. The van der Waals surface area contributed by atoms with Gasteiger partial charge in [-0.25, -0.2) is 14.2 Å². The molecule has 3 rings (SSSR count). The first-order valence-electron chi connectivity index (χ1n) is 10.0. The summed E-state index contributed by atoms with van der Waals surface area (Å²) in [6, 6.07) is -0.301. The highest BCUT2D eigenvalue weighted by Gasteiger charge is 2.59. The van der Waals surface area contributed by atoms with Gasteiger partial charge in [-0.15, -0.1) is 23.5 Å². The summed E-state index contributed by atoms with van der Waals surface area (Å²) in [7, 11) is 1.74. The first-order chi connectivity index (χ1) is 12.9. The maximum atomic E-state index is 13.1. The summed E-state index contributed by atoms with van der Waals surface area (Å²) in [6.45, 7) is 13.6. The predicted octanol–water partition coefficient (Wildman–Crippen LogP) is 4.40. The number of allylic oxidation sites excluding steroid dienone is 3. The highest BCUT2D eigenvalue weighted by atomic mass is 32.2. The fourth-order valence-corrected chi connectivity index (χ4v) is 7.40. The molecule has 1 aliphatic carbocycles. The molecule has 1 N–H and O–H groups in total. The number of urea groups is 1. The lowest BCUT2D eigenvalue weighted by Crippen LogP contribution is -2.71. The Kier molecular flexibility index (Phi) is 5.63. The number of nitrogens with zero attached hydrogens (tertiary/aromatic N) is 2. The van der Waals surface area contributed by atoms with Crippen LogP contribution in [-0.2, 0) is 4.79 Å². The Hall–Kier alpha value is -0.760. The van der Waals surface area contributed by atoms with E-state index in [0.717, 1.165) is 6.42 Å². The van der Waals surface area contributed by atoms with Gasteiger partial charge < -0.3 is 5.11 Å². The molecule has 7 heteroatoms. The largest absolute Gasteiger partial charge is 0.427 e. The number of thioether (sulfide) groups is 2. The van der Waals surface area contributed by atoms with E-state index in [2.05, 4.69) is 39.8 Å². The molecule has 0 aromatic carbocycles. The van der Waals surface area contributed by atoms with Gasteiger partial charge in [0.15, 0.2) is 0 Å². The van der Waals surface area contributed by atoms with Gasteiger partial charge >= 0.3 is 6.03 Å². The molecule has 0 spiro atoms. The molecule has 1 fully saturated rings. The number of aliphatic hydroxyl groups excluding tert-OH is 1. The van der Waals surface area contributed by atoms with Crippen LogP contribution in [0.2, 0.25) is 0 Å². The van der Waals surface area contributed by atoms with Gasteiger partial charge in [0.1, 0.15) is 5.92 Å². The second-order valence-corrected chi connectivity index (χ2v) is 12.2. The molecule has 0 radical (unpaired) electrons. The Balaban J connectivity index is 1.87. The van der Waals surface area contributed by atoms with Crippen molar-refractivity contribution in [3.05, 3.63) is 22.0 Å². The molecule has 0 saturated carbocycles. The van der Waals surface area contributed by atoms with Crippen LogP contribution in [0.1, 0.15) is 48.0 Å². The van der Waals surface area contributed by atoms with Crippen molar-refractivity contribution in [3.63, 3.8) is 0 Å². The first kappa shape index (κ1) is 21.9. The van der Waals surface area contributed by atoms with Gasteiger partial charge in [0.05, 0.1) is 18.2 Å². The third-order valence-corrected chi connectivity index (χ3v) is 10.1. The van der Waals surface area contributed by atoms with Crippen molar-refractivity contribution in [2.45, 2.75) is 58.8 Å². The monoisotopic (exact) mass is 425 g/mol. The molecule has 3 aliphatic rings. The number of hydrogen-bond acceptors (Lipinski definition) is 5. The van der Waals surface area contributed by atoms with Crippen molar-refractivity contribution in [1.29, 1.82) is 0 Å².